The Bertz CT molecular complexity index is 739. The lowest BCUT2D eigenvalue weighted by Crippen LogP contribution is -2.26. The smallest absolute Gasteiger partial charge is 0.253 e. The van der Waals surface area contributed by atoms with Crippen LogP contribution in [0.15, 0.2) is 36.4 Å². The van der Waals surface area contributed by atoms with E-state index in [1.54, 1.807) is 12.1 Å². The first kappa shape index (κ1) is 19.4. The van der Waals surface area contributed by atoms with Gasteiger partial charge >= 0.3 is 0 Å². The second-order valence-electron chi connectivity index (χ2n) is 5.65. The van der Waals surface area contributed by atoms with Crippen LogP contribution in [-0.4, -0.2) is 39.2 Å². The van der Waals surface area contributed by atoms with Gasteiger partial charge in [-0.3, -0.25) is 4.79 Å². The molecule has 0 fully saturated rings. The van der Waals surface area contributed by atoms with Crippen molar-refractivity contribution in [2.75, 3.05) is 44.1 Å². The van der Waals surface area contributed by atoms with Gasteiger partial charge in [-0.25, -0.2) is 0 Å². The SMILES string of the molecule is CNC(=O)C(O)c1ccccc1COc1c(NC)cc(NC)cc1NC. The predicted octanol–water partition coefficient (Wildman–Crippen LogP) is 2.17. The van der Waals surface area contributed by atoms with Crippen molar-refractivity contribution in [3.05, 3.63) is 47.5 Å². The van der Waals surface area contributed by atoms with Crippen LogP contribution in [0.25, 0.3) is 0 Å². The van der Waals surface area contributed by atoms with Crippen molar-refractivity contribution in [2.45, 2.75) is 12.7 Å². The average Bonchev–Trinajstić information content (AvgIpc) is 2.70. The van der Waals surface area contributed by atoms with Crippen LogP contribution in [0.3, 0.4) is 0 Å². The number of nitrogens with one attached hydrogen (secondary N) is 4. The van der Waals surface area contributed by atoms with Crippen LogP contribution in [-0.2, 0) is 11.4 Å². The second kappa shape index (κ2) is 8.96. The van der Waals surface area contributed by atoms with Crippen molar-refractivity contribution in [3.8, 4) is 5.75 Å². The number of likely N-dealkylation sites (N-methyl/N-ethyl adjacent to an activating group) is 1. The molecule has 140 valence electrons. The van der Waals surface area contributed by atoms with E-state index in [-0.39, 0.29) is 6.61 Å². The minimum atomic E-state index is -1.24. The summed E-state index contributed by atoms with van der Waals surface area (Å²) in [6.45, 7) is 0.215. The molecule has 7 nitrogen and oxygen atoms in total. The number of carbonyl (C=O) groups excluding carboxylic acids is 1. The van der Waals surface area contributed by atoms with Gasteiger partial charge in [0.25, 0.3) is 5.91 Å². The van der Waals surface area contributed by atoms with E-state index >= 15 is 0 Å². The Kier molecular flexibility index (Phi) is 6.68. The molecule has 1 amide bonds. The Labute approximate surface area is 153 Å². The van der Waals surface area contributed by atoms with Crippen molar-refractivity contribution in [2.24, 2.45) is 0 Å². The van der Waals surface area contributed by atoms with Crippen molar-refractivity contribution < 1.29 is 14.6 Å². The third-order valence-electron chi connectivity index (χ3n) is 4.13. The van der Waals surface area contributed by atoms with Crippen LogP contribution in [0.2, 0.25) is 0 Å². The van der Waals surface area contributed by atoms with Gasteiger partial charge in [-0.15, -0.1) is 0 Å². The maximum absolute atomic E-state index is 11.8. The summed E-state index contributed by atoms with van der Waals surface area (Å²) >= 11 is 0. The third kappa shape index (κ3) is 4.18. The Balaban J connectivity index is 2.31. The molecule has 0 aliphatic heterocycles. The number of hydrogen-bond acceptors (Lipinski definition) is 6. The van der Waals surface area contributed by atoms with Crippen LogP contribution < -0.4 is 26.0 Å². The largest absolute Gasteiger partial charge is 0.485 e. The number of aliphatic hydroxyl groups excluding tert-OH is 1. The van der Waals surface area contributed by atoms with Crippen LogP contribution >= 0.6 is 0 Å². The summed E-state index contributed by atoms with van der Waals surface area (Å²) in [4.78, 5) is 11.8. The maximum Gasteiger partial charge on any atom is 0.253 e. The zero-order chi connectivity index (χ0) is 19.1. The van der Waals surface area contributed by atoms with Gasteiger partial charge < -0.3 is 31.1 Å². The number of aliphatic hydroxyl groups is 1. The molecule has 0 saturated carbocycles. The highest BCUT2D eigenvalue weighted by Gasteiger charge is 2.20. The number of ether oxygens (including phenoxy) is 1. The van der Waals surface area contributed by atoms with E-state index in [1.165, 1.54) is 7.05 Å². The molecule has 0 spiro atoms. The van der Waals surface area contributed by atoms with Crippen molar-refractivity contribution in [3.63, 3.8) is 0 Å². The third-order valence-corrected chi connectivity index (χ3v) is 4.13. The van der Waals surface area contributed by atoms with Gasteiger partial charge in [0.15, 0.2) is 11.9 Å². The van der Waals surface area contributed by atoms with Crippen LogP contribution in [0.4, 0.5) is 17.1 Å². The van der Waals surface area contributed by atoms with E-state index in [0.29, 0.717) is 11.3 Å². The molecule has 1 atom stereocenters. The number of hydrogen-bond donors (Lipinski definition) is 5. The first-order valence-corrected chi connectivity index (χ1v) is 8.37. The molecule has 1 unspecified atom stereocenters. The van der Waals surface area contributed by atoms with Gasteiger partial charge in [0.2, 0.25) is 0 Å². The normalized spacial score (nSPS) is 11.4. The van der Waals surface area contributed by atoms with E-state index in [2.05, 4.69) is 21.3 Å². The minimum absolute atomic E-state index is 0.215. The second-order valence-corrected chi connectivity index (χ2v) is 5.65. The first-order chi connectivity index (χ1) is 12.5. The average molecular weight is 358 g/mol. The first-order valence-electron chi connectivity index (χ1n) is 8.37. The molecule has 0 saturated heterocycles. The molecule has 5 N–H and O–H groups in total. The Morgan fingerprint density at radius 2 is 1.65 bits per heavy atom. The predicted molar refractivity (Wildman–Crippen MR) is 105 cm³/mol. The fourth-order valence-corrected chi connectivity index (χ4v) is 2.66. The fraction of sp³-hybridized carbons (Fsp3) is 0.316. The summed E-state index contributed by atoms with van der Waals surface area (Å²) in [5.41, 5.74) is 3.86. The van der Waals surface area contributed by atoms with Crippen LogP contribution in [0, 0.1) is 0 Å². The Morgan fingerprint density at radius 1 is 1.04 bits per heavy atom. The summed E-state index contributed by atoms with van der Waals surface area (Å²) in [7, 11) is 6.99. The quantitative estimate of drug-likeness (QED) is 0.496. The molecule has 7 heteroatoms. The van der Waals surface area contributed by atoms with Crippen LogP contribution in [0.1, 0.15) is 17.2 Å². The maximum atomic E-state index is 11.8. The van der Waals surface area contributed by atoms with E-state index in [4.69, 9.17) is 4.74 Å². The highest BCUT2D eigenvalue weighted by Crippen LogP contribution is 2.37. The highest BCUT2D eigenvalue weighted by molar-refractivity contribution is 5.82. The summed E-state index contributed by atoms with van der Waals surface area (Å²) < 4.78 is 6.04. The Hall–Kier alpha value is -2.93. The fourth-order valence-electron chi connectivity index (χ4n) is 2.66. The molecule has 0 heterocycles. The molecular formula is C19H26N4O3. The van der Waals surface area contributed by atoms with E-state index in [0.717, 1.165) is 22.6 Å². The standard InChI is InChI=1S/C19H26N4O3/c1-20-13-9-15(21-2)18(16(10-13)22-3)26-11-12-7-5-6-8-14(12)17(24)19(25)23-4/h5-10,17,20-22,24H,11H2,1-4H3,(H,23,25). The molecule has 2 rings (SSSR count). The molecule has 0 aliphatic carbocycles. The zero-order valence-electron chi connectivity index (χ0n) is 15.5. The van der Waals surface area contributed by atoms with Crippen molar-refractivity contribution >= 4 is 23.0 Å². The highest BCUT2D eigenvalue weighted by atomic mass is 16.5. The number of rotatable bonds is 8. The van der Waals surface area contributed by atoms with Crippen molar-refractivity contribution in [1.82, 2.24) is 5.32 Å². The van der Waals surface area contributed by atoms with Crippen molar-refractivity contribution in [1.29, 1.82) is 0 Å². The van der Waals surface area contributed by atoms with E-state index in [9.17, 15) is 9.90 Å². The Morgan fingerprint density at radius 3 is 2.19 bits per heavy atom. The summed E-state index contributed by atoms with van der Waals surface area (Å²) in [5.74, 6) is 0.209. The summed E-state index contributed by atoms with van der Waals surface area (Å²) in [5, 5.41) is 22.1. The summed E-state index contributed by atoms with van der Waals surface area (Å²) in [6, 6.07) is 11.1. The van der Waals surface area contributed by atoms with E-state index in [1.807, 2.05) is 45.4 Å². The molecule has 2 aromatic rings. The monoisotopic (exact) mass is 358 g/mol. The molecule has 0 aromatic heterocycles. The molecule has 2 aromatic carbocycles. The molecular weight excluding hydrogens is 332 g/mol. The lowest BCUT2D eigenvalue weighted by molar-refractivity contribution is -0.129. The number of anilines is 3. The molecule has 0 bridgehead atoms. The number of benzene rings is 2. The summed E-state index contributed by atoms with van der Waals surface area (Å²) in [6.07, 6.45) is -1.24. The molecule has 0 radical (unpaired) electrons. The molecule has 0 aliphatic rings. The molecule has 26 heavy (non-hydrogen) atoms. The number of carbonyl (C=O) groups is 1. The topological polar surface area (TPSA) is 94.7 Å². The zero-order valence-corrected chi connectivity index (χ0v) is 15.5. The van der Waals surface area contributed by atoms with E-state index < -0.39 is 12.0 Å². The van der Waals surface area contributed by atoms with Gasteiger partial charge in [-0.2, -0.15) is 0 Å². The number of amides is 1. The van der Waals surface area contributed by atoms with Gasteiger partial charge in [0, 0.05) is 33.9 Å². The van der Waals surface area contributed by atoms with Gasteiger partial charge in [0.05, 0.1) is 11.4 Å². The minimum Gasteiger partial charge on any atom is -0.485 e. The van der Waals surface area contributed by atoms with Crippen LogP contribution in [0.5, 0.6) is 5.75 Å². The lowest BCUT2D eigenvalue weighted by atomic mass is 10.0. The van der Waals surface area contributed by atoms with Gasteiger partial charge in [-0.05, 0) is 23.3 Å². The van der Waals surface area contributed by atoms with Gasteiger partial charge in [0.1, 0.15) is 6.61 Å². The lowest BCUT2D eigenvalue weighted by Gasteiger charge is -2.19. The van der Waals surface area contributed by atoms with Gasteiger partial charge in [-0.1, -0.05) is 24.3 Å².